The summed E-state index contributed by atoms with van der Waals surface area (Å²) in [4.78, 5) is 14.8. The van der Waals surface area contributed by atoms with Gasteiger partial charge in [0.2, 0.25) is 15.9 Å². The van der Waals surface area contributed by atoms with Gasteiger partial charge in [0.05, 0.1) is 4.90 Å². The van der Waals surface area contributed by atoms with Gasteiger partial charge in [-0.1, -0.05) is 38.5 Å². The first-order chi connectivity index (χ1) is 11.2. The van der Waals surface area contributed by atoms with Crippen molar-refractivity contribution in [3.63, 3.8) is 0 Å². The Morgan fingerprint density at radius 3 is 2.21 bits per heavy atom. The maximum atomic E-state index is 12.8. The molecule has 1 N–H and O–H groups in total. The van der Waals surface area contributed by atoms with Gasteiger partial charge in [0, 0.05) is 13.1 Å². The van der Waals surface area contributed by atoms with E-state index in [1.807, 2.05) is 20.8 Å². The third-order valence-corrected chi connectivity index (χ3v) is 6.10. The van der Waals surface area contributed by atoms with Gasteiger partial charge in [-0.2, -0.15) is 4.72 Å². The van der Waals surface area contributed by atoms with Crippen LogP contribution in [0.5, 0.6) is 0 Å². The Hall–Kier alpha value is -1.40. The van der Waals surface area contributed by atoms with Crippen molar-refractivity contribution in [2.45, 2.75) is 51.5 Å². The summed E-state index contributed by atoms with van der Waals surface area (Å²) in [5.41, 5.74) is 0.993. The summed E-state index contributed by atoms with van der Waals surface area (Å²) < 4.78 is 27.8. The first-order valence-corrected chi connectivity index (χ1v) is 10.1. The number of aryl methyl sites for hydroxylation is 1. The van der Waals surface area contributed by atoms with Crippen molar-refractivity contribution in [3.8, 4) is 0 Å². The van der Waals surface area contributed by atoms with Crippen LogP contribution in [0.1, 0.15) is 39.2 Å². The predicted molar refractivity (Wildman–Crippen MR) is 95.1 cm³/mol. The number of piperidine rings is 1. The van der Waals surface area contributed by atoms with Gasteiger partial charge >= 0.3 is 0 Å². The van der Waals surface area contributed by atoms with Gasteiger partial charge in [-0.15, -0.1) is 0 Å². The Morgan fingerprint density at radius 1 is 1.17 bits per heavy atom. The van der Waals surface area contributed by atoms with Gasteiger partial charge in [0.25, 0.3) is 0 Å². The number of carbonyl (C=O) groups excluding carboxylic acids is 1. The highest BCUT2D eigenvalue weighted by Gasteiger charge is 2.32. The molecule has 1 unspecified atom stereocenters. The maximum absolute atomic E-state index is 12.8. The molecule has 1 aromatic rings. The zero-order chi connectivity index (χ0) is 17.9. The molecular weight excluding hydrogens is 324 g/mol. The Kier molecular flexibility index (Phi) is 6.04. The quantitative estimate of drug-likeness (QED) is 0.886. The lowest BCUT2D eigenvalue weighted by molar-refractivity contribution is -0.135. The van der Waals surface area contributed by atoms with Crippen LogP contribution in [0.4, 0.5) is 0 Å². The van der Waals surface area contributed by atoms with Crippen LogP contribution in [0.15, 0.2) is 29.2 Å². The molecule has 1 atom stereocenters. The molecule has 1 aliphatic rings. The van der Waals surface area contributed by atoms with E-state index in [1.165, 1.54) is 0 Å². The van der Waals surface area contributed by atoms with Gasteiger partial charge < -0.3 is 4.90 Å². The topological polar surface area (TPSA) is 66.5 Å². The highest BCUT2D eigenvalue weighted by atomic mass is 32.2. The number of rotatable bonds is 5. The van der Waals surface area contributed by atoms with Crippen LogP contribution >= 0.6 is 0 Å². The summed E-state index contributed by atoms with van der Waals surface area (Å²) in [6, 6.07) is 5.92. The first-order valence-electron chi connectivity index (χ1n) is 8.58. The SMILES string of the molecule is Cc1ccc(S(=O)(=O)NC(C(=O)N2CCC(C)CC2)C(C)C)cc1. The number of hydrogen-bond donors (Lipinski definition) is 1. The van der Waals surface area contributed by atoms with Crippen molar-refractivity contribution >= 4 is 15.9 Å². The molecule has 2 rings (SSSR count). The zero-order valence-corrected chi connectivity index (χ0v) is 15.8. The lowest BCUT2D eigenvalue weighted by Crippen LogP contribution is -2.52. The average molecular weight is 353 g/mol. The number of nitrogens with zero attached hydrogens (tertiary/aromatic N) is 1. The Balaban J connectivity index is 2.15. The molecule has 1 amide bonds. The number of nitrogens with one attached hydrogen (secondary N) is 1. The molecule has 0 radical (unpaired) electrons. The van der Waals surface area contributed by atoms with Gasteiger partial charge in [-0.25, -0.2) is 8.42 Å². The van der Waals surface area contributed by atoms with E-state index in [0.717, 1.165) is 18.4 Å². The second-order valence-electron chi connectivity index (χ2n) is 7.16. The summed E-state index contributed by atoms with van der Waals surface area (Å²) in [6.45, 7) is 9.23. The molecule has 0 aliphatic carbocycles. The van der Waals surface area contributed by atoms with Gasteiger partial charge in [-0.05, 0) is 43.7 Å². The van der Waals surface area contributed by atoms with Crippen LogP contribution in [0.25, 0.3) is 0 Å². The fourth-order valence-electron chi connectivity index (χ4n) is 2.85. The van der Waals surface area contributed by atoms with E-state index in [0.29, 0.717) is 19.0 Å². The number of sulfonamides is 1. The van der Waals surface area contributed by atoms with E-state index in [9.17, 15) is 13.2 Å². The minimum Gasteiger partial charge on any atom is -0.341 e. The number of amides is 1. The predicted octanol–water partition coefficient (Wildman–Crippen LogP) is 2.56. The molecule has 0 bridgehead atoms. The van der Waals surface area contributed by atoms with Gasteiger partial charge in [0.1, 0.15) is 6.04 Å². The fourth-order valence-corrected chi connectivity index (χ4v) is 4.19. The standard InChI is InChI=1S/C18H28N2O3S/c1-13(2)17(18(21)20-11-9-15(4)10-12-20)19-24(22,23)16-7-5-14(3)6-8-16/h5-8,13,15,17,19H,9-12H2,1-4H3. The van der Waals surface area contributed by atoms with Gasteiger partial charge in [0.15, 0.2) is 0 Å². The monoisotopic (exact) mass is 352 g/mol. The first kappa shape index (κ1) is 18.9. The van der Waals surface area contributed by atoms with E-state index in [4.69, 9.17) is 0 Å². The van der Waals surface area contributed by atoms with E-state index in [2.05, 4.69) is 11.6 Å². The van der Waals surface area contributed by atoms with E-state index in [1.54, 1.807) is 29.2 Å². The summed E-state index contributed by atoms with van der Waals surface area (Å²) in [7, 11) is -3.71. The van der Waals surface area contributed by atoms with Crippen molar-refractivity contribution < 1.29 is 13.2 Å². The Labute approximate surface area is 145 Å². The lowest BCUT2D eigenvalue weighted by atomic mass is 9.97. The summed E-state index contributed by atoms with van der Waals surface area (Å²) >= 11 is 0. The second-order valence-corrected chi connectivity index (χ2v) is 8.88. The maximum Gasteiger partial charge on any atom is 0.241 e. The van der Waals surface area contributed by atoms with Crippen LogP contribution in [-0.4, -0.2) is 38.4 Å². The van der Waals surface area contributed by atoms with Crippen LogP contribution in [0.3, 0.4) is 0 Å². The van der Waals surface area contributed by atoms with E-state index < -0.39 is 16.1 Å². The molecule has 6 heteroatoms. The smallest absolute Gasteiger partial charge is 0.241 e. The molecule has 1 heterocycles. The molecule has 1 saturated heterocycles. The Morgan fingerprint density at radius 2 is 1.71 bits per heavy atom. The summed E-state index contributed by atoms with van der Waals surface area (Å²) in [5.74, 6) is 0.389. The summed E-state index contributed by atoms with van der Waals surface area (Å²) in [6.07, 6.45) is 1.95. The number of carbonyl (C=O) groups is 1. The van der Waals surface area contributed by atoms with E-state index >= 15 is 0 Å². The van der Waals surface area contributed by atoms with Crippen molar-refractivity contribution in [1.82, 2.24) is 9.62 Å². The molecule has 0 saturated carbocycles. The number of likely N-dealkylation sites (tertiary alicyclic amines) is 1. The van der Waals surface area contributed by atoms with Crippen LogP contribution in [-0.2, 0) is 14.8 Å². The zero-order valence-electron chi connectivity index (χ0n) is 15.0. The minimum atomic E-state index is -3.71. The van der Waals surface area contributed by atoms with Crippen molar-refractivity contribution in [3.05, 3.63) is 29.8 Å². The molecule has 5 nitrogen and oxygen atoms in total. The van der Waals surface area contributed by atoms with Gasteiger partial charge in [-0.3, -0.25) is 4.79 Å². The highest BCUT2D eigenvalue weighted by molar-refractivity contribution is 7.89. The molecular formula is C18H28N2O3S. The van der Waals surface area contributed by atoms with Crippen LogP contribution < -0.4 is 4.72 Å². The van der Waals surface area contributed by atoms with E-state index in [-0.39, 0.29) is 16.7 Å². The van der Waals surface area contributed by atoms with Crippen molar-refractivity contribution in [1.29, 1.82) is 0 Å². The Bertz CT molecular complexity index is 660. The minimum absolute atomic E-state index is 0.114. The normalized spacial score (nSPS) is 18.0. The molecule has 1 fully saturated rings. The average Bonchev–Trinajstić information content (AvgIpc) is 2.53. The number of hydrogen-bond acceptors (Lipinski definition) is 3. The van der Waals surface area contributed by atoms with Crippen molar-refractivity contribution in [2.24, 2.45) is 11.8 Å². The number of benzene rings is 1. The highest BCUT2D eigenvalue weighted by Crippen LogP contribution is 2.19. The molecule has 0 aromatic heterocycles. The third-order valence-electron chi connectivity index (χ3n) is 4.64. The second kappa shape index (κ2) is 7.66. The largest absolute Gasteiger partial charge is 0.341 e. The van der Waals surface area contributed by atoms with Crippen LogP contribution in [0.2, 0.25) is 0 Å². The molecule has 0 spiro atoms. The summed E-state index contributed by atoms with van der Waals surface area (Å²) in [5, 5.41) is 0. The molecule has 1 aromatic carbocycles. The van der Waals surface area contributed by atoms with Crippen LogP contribution in [0, 0.1) is 18.8 Å². The molecule has 1 aliphatic heterocycles. The van der Waals surface area contributed by atoms with Crippen molar-refractivity contribution in [2.75, 3.05) is 13.1 Å². The lowest BCUT2D eigenvalue weighted by Gasteiger charge is -2.34. The fraction of sp³-hybridized carbons (Fsp3) is 0.611. The molecule has 134 valence electrons. The molecule has 24 heavy (non-hydrogen) atoms. The third kappa shape index (κ3) is 4.57.